The molecule has 0 aromatic carbocycles. The summed E-state index contributed by atoms with van der Waals surface area (Å²) in [7, 11) is 0. The molecular weight excluding hydrogens is 240 g/mol. The van der Waals surface area contributed by atoms with E-state index in [1.807, 2.05) is 11.8 Å². The molecule has 0 radical (unpaired) electrons. The first-order valence-electron chi connectivity index (χ1n) is 5.66. The maximum absolute atomic E-state index is 11.7. The summed E-state index contributed by atoms with van der Waals surface area (Å²) >= 11 is 3.71. The third kappa shape index (κ3) is 5.46. The first-order valence-corrected chi connectivity index (χ1v) is 8.04. The molecule has 1 aliphatic rings. The Morgan fingerprint density at radius 2 is 2.38 bits per heavy atom. The summed E-state index contributed by atoms with van der Waals surface area (Å²) in [4.78, 5) is 11.7. The van der Waals surface area contributed by atoms with Gasteiger partial charge in [-0.2, -0.15) is 23.5 Å². The molecule has 0 saturated carbocycles. The van der Waals surface area contributed by atoms with Crippen molar-refractivity contribution in [3.05, 3.63) is 0 Å². The topological polar surface area (TPSA) is 41.1 Å². The van der Waals surface area contributed by atoms with Crippen LogP contribution >= 0.6 is 23.5 Å². The summed E-state index contributed by atoms with van der Waals surface area (Å²) in [5.41, 5.74) is 0. The molecule has 5 heteroatoms. The molecule has 1 heterocycles. The predicted molar refractivity (Wildman–Crippen MR) is 74.3 cm³/mol. The first-order chi connectivity index (χ1) is 7.53. The van der Waals surface area contributed by atoms with Crippen LogP contribution in [0.1, 0.15) is 20.3 Å². The third-order valence-electron chi connectivity index (χ3n) is 2.69. The molecule has 1 unspecified atom stereocenters. The number of nitrogens with one attached hydrogen (secondary N) is 2. The van der Waals surface area contributed by atoms with Crippen LogP contribution in [0.4, 0.5) is 0 Å². The van der Waals surface area contributed by atoms with Crippen LogP contribution in [0.2, 0.25) is 0 Å². The van der Waals surface area contributed by atoms with Crippen LogP contribution in [0.25, 0.3) is 0 Å². The van der Waals surface area contributed by atoms with E-state index in [-0.39, 0.29) is 10.7 Å². The summed E-state index contributed by atoms with van der Waals surface area (Å²) in [6.45, 7) is 6.06. The van der Waals surface area contributed by atoms with E-state index >= 15 is 0 Å². The Morgan fingerprint density at radius 1 is 1.62 bits per heavy atom. The molecular formula is C11H22N2OS2. The van der Waals surface area contributed by atoms with E-state index in [9.17, 15) is 4.79 Å². The Labute approximate surface area is 107 Å². The zero-order valence-electron chi connectivity index (χ0n) is 10.3. The van der Waals surface area contributed by atoms with Crippen molar-refractivity contribution in [1.29, 1.82) is 0 Å². The maximum atomic E-state index is 11.7. The molecule has 94 valence electrons. The standard InChI is InChI=1S/C11H22N2OS2/c1-11(2,15-3)8-13-10(14)6-9-7-16-5-4-12-9/h9,12H,4-8H2,1-3H3,(H,13,14). The van der Waals surface area contributed by atoms with Crippen molar-refractivity contribution in [1.82, 2.24) is 10.6 Å². The van der Waals surface area contributed by atoms with Crippen molar-refractivity contribution in [3.63, 3.8) is 0 Å². The smallest absolute Gasteiger partial charge is 0.221 e. The van der Waals surface area contributed by atoms with Crippen LogP contribution < -0.4 is 10.6 Å². The molecule has 0 aromatic rings. The highest BCUT2D eigenvalue weighted by Gasteiger charge is 2.20. The van der Waals surface area contributed by atoms with E-state index in [0.29, 0.717) is 12.5 Å². The van der Waals surface area contributed by atoms with Crippen LogP contribution in [-0.2, 0) is 4.79 Å². The molecule has 16 heavy (non-hydrogen) atoms. The Morgan fingerprint density at radius 3 is 2.94 bits per heavy atom. The van der Waals surface area contributed by atoms with Crippen molar-refractivity contribution < 1.29 is 4.79 Å². The van der Waals surface area contributed by atoms with Gasteiger partial charge in [0.15, 0.2) is 0 Å². The highest BCUT2D eigenvalue weighted by Crippen LogP contribution is 2.19. The Bertz CT molecular complexity index is 228. The lowest BCUT2D eigenvalue weighted by molar-refractivity contribution is -0.121. The second-order valence-corrected chi connectivity index (χ2v) is 7.33. The van der Waals surface area contributed by atoms with Gasteiger partial charge in [-0.05, 0) is 20.1 Å². The van der Waals surface area contributed by atoms with Gasteiger partial charge in [0.2, 0.25) is 5.91 Å². The highest BCUT2D eigenvalue weighted by atomic mass is 32.2. The predicted octanol–water partition coefficient (Wildman–Crippen LogP) is 1.34. The number of carbonyl (C=O) groups is 1. The van der Waals surface area contributed by atoms with E-state index < -0.39 is 0 Å². The van der Waals surface area contributed by atoms with E-state index in [4.69, 9.17) is 0 Å². The molecule has 0 aliphatic carbocycles. The van der Waals surface area contributed by atoms with Crippen molar-refractivity contribution in [2.24, 2.45) is 0 Å². The third-order valence-corrected chi connectivity index (χ3v) is 5.07. The fraction of sp³-hybridized carbons (Fsp3) is 0.909. The molecule has 1 atom stereocenters. The quantitative estimate of drug-likeness (QED) is 0.784. The number of rotatable bonds is 5. The van der Waals surface area contributed by atoms with Crippen molar-refractivity contribution >= 4 is 29.4 Å². The van der Waals surface area contributed by atoms with E-state index in [1.54, 1.807) is 11.8 Å². The molecule has 0 aromatic heterocycles. The van der Waals surface area contributed by atoms with E-state index in [2.05, 4.69) is 30.7 Å². The van der Waals surface area contributed by atoms with Gasteiger partial charge in [0.05, 0.1) is 0 Å². The van der Waals surface area contributed by atoms with Crippen molar-refractivity contribution in [2.45, 2.75) is 31.1 Å². The molecule has 1 saturated heterocycles. The van der Waals surface area contributed by atoms with E-state index in [0.717, 1.165) is 24.6 Å². The van der Waals surface area contributed by atoms with Gasteiger partial charge >= 0.3 is 0 Å². The van der Waals surface area contributed by atoms with Gasteiger partial charge in [0.25, 0.3) is 0 Å². The molecule has 1 aliphatic heterocycles. The average molecular weight is 262 g/mol. The minimum atomic E-state index is 0.129. The second-order valence-electron chi connectivity index (χ2n) is 4.67. The lowest BCUT2D eigenvalue weighted by Crippen LogP contribution is -2.43. The number of carbonyl (C=O) groups excluding carboxylic acids is 1. The summed E-state index contributed by atoms with van der Waals surface area (Å²) in [6, 6.07) is 0.358. The molecule has 1 fully saturated rings. The maximum Gasteiger partial charge on any atom is 0.221 e. The Balaban J connectivity index is 2.19. The fourth-order valence-electron chi connectivity index (χ4n) is 1.43. The number of hydrogen-bond acceptors (Lipinski definition) is 4. The molecule has 0 spiro atoms. The second kappa shape index (κ2) is 6.77. The number of amides is 1. The van der Waals surface area contributed by atoms with Gasteiger partial charge in [-0.25, -0.2) is 0 Å². The van der Waals surface area contributed by atoms with Gasteiger partial charge in [-0.3, -0.25) is 4.79 Å². The van der Waals surface area contributed by atoms with Gasteiger partial charge in [0, 0.05) is 41.8 Å². The summed E-state index contributed by atoms with van der Waals surface area (Å²) in [5.74, 6) is 2.39. The van der Waals surface area contributed by atoms with E-state index in [1.165, 1.54) is 0 Å². The fourth-order valence-corrected chi connectivity index (χ4v) is 2.60. The summed E-state index contributed by atoms with van der Waals surface area (Å²) < 4.78 is 0.129. The van der Waals surface area contributed by atoms with Gasteiger partial charge in [-0.1, -0.05) is 0 Å². The summed E-state index contributed by atoms with van der Waals surface area (Å²) in [5, 5.41) is 6.39. The largest absolute Gasteiger partial charge is 0.355 e. The number of hydrogen-bond donors (Lipinski definition) is 2. The Kier molecular flexibility index (Phi) is 6.00. The minimum Gasteiger partial charge on any atom is -0.355 e. The van der Waals surface area contributed by atoms with Crippen LogP contribution in [0, 0.1) is 0 Å². The lowest BCUT2D eigenvalue weighted by atomic mass is 10.2. The summed E-state index contributed by atoms with van der Waals surface area (Å²) in [6.07, 6.45) is 2.68. The monoisotopic (exact) mass is 262 g/mol. The zero-order chi connectivity index (χ0) is 12.0. The average Bonchev–Trinajstić information content (AvgIpc) is 2.28. The molecule has 1 rings (SSSR count). The Hall–Kier alpha value is 0.130. The zero-order valence-corrected chi connectivity index (χ0v) is 12.0. The highest BCUT2D eigenvalue weighted by molar-refractivity contribution is 8.00. The molecule has 0 bridgehead atoms. The van der Waals surface area contributed by atoms with Gasteiger partial charge < -0.3 is 10.6 Å². The van der Waals surface area contributed by atoms with Crippen LogP contribution in [0.15, 0.2) is 0 Å². The van der Waals surface area contributed by atoms with Crippen LogP contribution in [0.5, 0.6) is 0 Å². The van der Waals surface area contributed by atoms with Crippen molar-refractivity contribution in [2.75, 3.05) is 30.9 Å². The van der Waals surface area contributed by atoms with Gasteiger partial charge in [0.1, 0.15) is 0 Å². The number of thioether (sulfide) groups is 2. The van der Waals surface area contributed by atoms with Crippen LogP contribution in [-0.4, -0.2) is 47.5 Å². The van der Waals surface area contributed by atoms with Crippen molar-refractivity contribution in [3.8, 4) is 0 Å². The van der Waals surface area contributed by atoms with Gasteiger partial charge in [-0.15, -0.1) is 0 Å². The minimum absolute atomic E-state index is 0.129. The normalized spacial score (nSPS) is 21.8. The lowest BCUT2D eigenvalue weighted by Gasteiger charge is -2.25. The molecule has 2 N–H and O–H groups in total. The SMILES string of the molecule is CSC(C)(C)CNC(=O)CC1CSCCN1. The first kappa shape index (κ1) is 14.2. The molecule has 3 nitrogen and oxygen atoms in total. The molecule has 1 amide bonds. The van der Waals surface area contributed by atoms with Crippen LogP contribution in [0.3, 0.4) is 0 Å².